The first-order chi connectivity index (χ1) is 11.4. The monoisotopic (exact) mass is 351 g/mol. The number of thioether (sulfide) groups is 1. The molecule has 0 spiro atoms. The van der Waals surface area contributed by atoms with E-state index in [4.69, 9.17) is 4.74 Å². The van der Waals surface area contributed by atoms with Crippen molar-refractivity contribution in [2.24, 2.45) is 7.05 Å². The maximum atomic E-state index is 10.1. The molecule has 0 amide bonds. The van der Waals surface area contributed by atoms with Crippen LogP contribution in [0.25, 0.3) is 11.1 Å². The van der Waals surface area contributed by atoms with Crippen molar-refractivity contribution >= 4 is 11.8 Å². The molecule has 1 saturated heterocycles. The topological polar surface area (TPSA) is 101 Å². The van der Waals surface area contributed by atoms with Gasteiger partial charge in [0.05, 0.1) is 18.0 Å². The third-order valence-electron chi connectivity index (χ3n) is 4.22. The van der Waals surface area contributed by atoms with Gasteiger partial charge < -0.3 is 20.1 Å². The van der Waals surface area contributed by atoms with Gasteiger partial charge in [0.2, 0.25) is 0 Å². The van der Waals surface area contributed by atoms with Crippen molar-refractivity contribution in [3.05, 3.63) is 29.8 Å². The fourth-order valence-corrected chi connectivity index (χ4v) is 3.95. The Hall–Kier alpha value is -1.61. The van der Waals surface area contributed by atoms with Gasteiger partial charge in [0.25, 0.3) is 0 Å². The summed E-state index contributed by atoms with van der Waals surface area (Å²) in [5, 5.41) is 33.8. The molecule has 4 atom stereocenters. The predicted octanol–water partition coefficient (Wildman–Crippen LogP) is 0.633. The van der Waals surface area contributed by atoms with E-state index < -0.39 is 23.7 Å². The van der Waals surface area contributed by atoms with Gasteiger partial charge in [-0.3, -0.25) is 9.67 Å². The minimum absolute atomic E-state index is 0.302. The molecule has 1 fully saturated rings. The predicted molar refractivity (Wildman–Crippen MR) is 90.8 cm³/mol. The van der Waals surface area contributed by atoms with Gasteiger partial charge in [-0.05, 0) is 19.9 Å². The largest absolute Gasteiger partial charge is 0.475 e. The summed E-state index contributed by atoms with van der Waals surface area (Å²) >= 11 is 1.26. The SMILES string of the molecule is Cc1nn(C)c(C)c1-c1cncc(O[C@H]2SC[C@@H](O)[C@H](O)[C@H]2O)c1. The quantitative estimate of drug-likeness (QED) is 0.746. The van der Waals surface area contributed by atoms with E-state index in [1.54, 1.807) is 12.4 Å². The minimum atomic E-state index is -1.21. The minimum Gasteiger partial charge on any atom is -0.475 e. The van der Waals surface area contributed by atoms with Crippen LogP contribution in [0, 0.1) is 13.8 Å². The van der Waals surface area contributed by atoms with Crippen molar-refractivity contribution in [2.45, 2.75) is 37.6 Å². The molecule has 1 aliphatic rings. The van der Waals surface area contributed by atoms with Crippen LogP contribution in [0.3, 0.4) is 0 Å². The number of pyridine rings is 1. The molecule has 1 aliphatic heterocycles. The van der Waals surface area contributed by atoms with Gasteiger partial charge in [-0.2, -0.15) is 5.10 Å². The summed E-state index contributed by atoms with van der Waals surface area (Å²) in [4.78, 5) is 4.21. The van der Waals surface area contributed by atoms with Crippen LogP contribution in [0.2, 0.25) is 0 Å². The van der Waals surface area contributed by atoms with Crippen LogP contribution in [0.15, 0.2) is 18.5 Å². The van der Waals surface area contributed by atoms with Gasteiger partial charge in [-0.25, -0.2) is 0 Å². The van der Waals surface area contributed by atoms with E-state index >= 15 is 0 Å². The molecule has 24 heavy (non-hydrogen) atoms. The maximum absolute atomic E-state index is 10.1. The third-order valence-corrected chi connectivity index (χ3v) is 5.45. The molecular weight excluding hydrogens is 330 g/mol. The second-order valence-corrected chi connectivity index (χ2v) is 7.08. The highest BCUT2D eigenvalue weighted by Crippen LogP contribution is 2.32. The molecule has 130 valence electrons. The molecule has 7 nitrogen and oxygen atoms in total. The zero-order chi connectivity index (χ0) is 17.4. The highest BCUT2D eigenvalue weighted by Gasteiger charge is 2.38. The van der Waals surface area contributed by atoms with E-state index in [1.165, 1.54) is 11.8 Å². The lowest BCUT2D eigenvalue weighted by Crippen LogP contribution is -2.50. The molecule has 0 saturated carbocycles. The van der Waals surface area contributed by atoms with E-state index in [1.807, 2.05) is 31.6 Å². The highest BCUT2D eigenvalue weighted by atomic mass is 32.2. The molecule has 3 N–H and O–H groups in total. The fraction of sp³-hybridized carbons (Fsp3) is 0.500. The van der Waals surface area contributed by atoms with Gasteiger partial charge in [-0.15, -0.1) is 11.8 Å². The highest BCUT2D eigenvalue weighted by molar-refractivity contribution is 7.99. The molecule has 0 bridgehead atoms. The second kappa shape index (κ2) is 6.72. The Morgan fingerprint density at radius 2 is 1.96 bits per heavy atom. The summed E-state index contributed by atoms with van der Waals surface area (Å²) in [7, 11) is 1.89. The first-order valence-electron chi connectivity index (χ1n) is 7.66. The van der Waals surface area contributed by atoms with Crippen LogP contribution < -0.4 is 4.74 Å². The van der Waals surface area contributed by atoms with E-state index in [-0.39, 0.29) is 0 Å². The number of nitrogens with zero attached hydrogens (tertiary/aromatic N) is 3. The van der Waals surface area contributed by atoms with Crippen molar-refractivity contribution in [1.82, 2.24) is 14.8 Å². The number of aliphatic hydroxyl groups is 3. The lowest BCUT2D eigenvalue weighted by atomic mass is 10.1. The molecular formula is C16H21N3O4S. The van der Waals surface area contributed by atoms with Gasteiger partial charge in [-0.1, -0.05) is 0 Å². The first-order valence-corrected chi connectivity index (χ1v) is 8.71. The average molecular weight is 351 g/mol. The summed E-state index contributed by atoms with van der Waals surface area (Å²) in [6.45, 7) is 3.93. The maximum Gasteiger partial charge on any atom is 0.173 e. The fourth-order valence-electron chi connectivity index (χ4n) is 2.83. The summed E-state index contributed by atoms with van der Waals surface area (Å²) in [6.07, 6.45) is -0.0169. The summed E-state index contributed by atoms with van der Waals surface area (Å²) < 4.78 is 7.60. The van der Waals surface area contributed by atoms with Crippen LogP contribution in [0.1, 0.15) is 11.4 Å². The van der Waals surface area contributed by atoms with Crippen LogP contribution in [-0.2, 0) is 7.05 Å². The van der Waals surface area contributed by atoms with Crippen LogP contribution in [-0.4, -0.2) is 59.6 Å². The normalized spacial score (nSPS) is 27.2. The van der Waals surface area contributed by atoms with Crippen molar-refractivity contribution in [3.8, 4) is 16.9 Å². The molecule has 3 heterocycles. The summed E-state index contributed by atoms with van der Waals surface area (Å²) in [5.74, 6) is 0.798. The molecule has 2 aromatic heterocycles. The number of ether oxygens (including phenoxy) is 1. The smallest absolute Gasteiger partial charge is 0.173 e. The molecule has 0 radical (unpaired) electrons. The Morgan fingerprint density at radius 1 is 1.21 bits per heavy atom. The van der Waals surface area contributed by atoms with Gasteiger partial charge in [0.1, 0.15) is 18.0 Å². The zero-order valence-corrected chi connectivity index (χ0v) is 14.6. The van der Waals surface area contributed by atoms with Crippen molar-refractivity contribution < 1.29 is 20.1 Å². The van der Waals surface area contributed by atoms with Crippen molar-refractivity contribution in [2.75, 3.05) is 5.75 Å². The number of hydrogen-bond donors (Lipinski definition) is 3. The molecule has 2 aromatic rings. The Bertz CT molecular complexity index is 736. The number of aliphatic hydroxyl groups excluding tert-OH is 3. The van der Waals surface area contributed by atoms with E-state index in [0.29, 0.717) is 11.5 Å². The Kier molecular flexibility index (Phi) is 4.82. The Labute approximate surface area is 144 Å². The lowest BCUT2D eigenvalue weighted by Gasteiger charge is -2.34. The van der Waals surface area contributed by atoms with E-state index in [9.17, 15) is 15.3 Å². The van der Waals surface area contributed by atoms with Crippen LogP contribution in [0.5, 0.6) is 5.75 Å². The number of rotatable bonds is 3. The summed E-state index contributed by atoms with van der Waals surface area (Å²) in [5.41, 5.74) is 3.16. The number of aromatic nitrogens is 3. The molecule has 3 rings (SSSR count). The van der Waals surface area contributed by atoms with Crippen molar-refractivity contribution in [3.63, 3.8) is 0 Å². The number of aryl methyl sites for hydroxylation is 2. The molecule has 0 aromatic carbocycles. The third kappa shape index (κ3) is 3.14. The summed E-state index contributed by atoms with van der Waals surface area (Å²) in [6, 6.07) is 1.84. The van der Waals surface area contributed by atoms with Crippen LogP contribution >= 0.6 is 11.8 Å². The van der Waals surface area contributed by atoms with Crippen LogP contribution in [0.4, 0.5) is 0 Å². The number of hydrogen-bond acceptors (Lipinski definition) is 7. The van der Waals surface area contributed by atoms with Gasteiger partial charge in [0.15, 0.2) is 5.44 Å². The molecule has 0 aliphatic carbocycles. The zero-order valence-electron chi connectivity index (χ0n) is 13.7. The second-order valence-electron chi connectivity index (χ2n) is 5.95. The van der Waals surface area contributed by atoms with Crippen molar-refractivity contribution in [1.29, 1.82) is 0 Å². The lowest BCUT2D eigenvalue weighted by molar-refractivity contribution is -0.0786. The molecule has 8 heteroatoms. The van der Waals surface area contributed by atoms with Gasteiger partial charge in [0, 0.05) is 35.8 Å². The first kappa shape index (κ1) is 17.2. The molecule has 0 unspecified atom stereocenters. The standard InChI is InChI=1S/C16H21N3O4S/c1-8-13(9(2)19(3)18-8)10-4-11(6-17-5-10)23-16-15(22)14(21)12(20)7-24-16/h4-6,12,14-16,20-22H,7H2,1-3H3/t12-,14+,15-,16+/m1/s1. The van der Waals surface area contributed by atoms with E-state index in [0.717, 1.165) is 22.5 Å². The van der Waals surface area contributed by atoms with E-state index in [2.05, 4.69) is 10.1 Å². The average Bonchev–Trinajstić information content (AvgIpc) is 2.81. The Morgan fingerprint density at radius 3 is 2.62 bits per heavy atom. The Balaban J connectivity index is 1.84. The van der Waals surface area contributed by atoms with Gasteiger partial charge >= 0.3 is 0 Å².